The Balaban J connectivity index is 1.37. The fraction of sp³-hybridized carbons (Fsp3) is 0.885. The number of allylic oxidation sites excluding steroid dienone is 1. The first kappa shape index (κ1) is 19.3. The van der Waals surface area contributed by atoms with Crippen LogP contribution in [-0.2, 0) is 4.79 Å². The molecule has 4 aliphatic carbocycles. The highest BCUT2D eigenvalue weighted by Crippen LogP contribution is 2.66. The van der Waals surface area contributed by atoms with Gasteiger partial charge in [-0.25, -0.2) is 0 Å². The standard InChI is InChI=1S/C26H41NO/c1-18(27-15-5-4-6-16-27)22-9-10-23-21-8-7-19-17-20(28)11-13-25(19,2)24(21)12-14-26(22,23)3/h9,18-19,21,23-24H,4-8,10-17H2,1-3H3/t18?,19?,21-,23-,24-,25-,26+/m0/s1. The number of carbonyl (C=O) groups excluding carboxylic acids is 1. The lowest BCUT2D eigenvalue weighted by molar-refractivity contribution is -0.137. The molecule has 0 N–H and O–H groups in total. The molecule has 0 aromatic carbocycles. The van der Waals surface area contributed by atoms with Gasteiger partial charge in [0.1, 0.15) is 5.78 Å². The third-order valence-corrected chi connectivity index (χ3v) is 10.5. The van der Waals surface area contributed by atoms with Crippen molar-refractivity contribution in [2.75, 3.05) is 13.1 Å². The van der Waals surface area contributed by atoms with Gasteiger partial charge in [-0.05, 0) is 106 Å². The van der Waals surface area contributed by atoms with Gasteiger partial charge in [0.05, 0.1) is 0 Å². The summed E-state index contributed by atoms with van der Waals surface area (Å²) in [6.45, 7) is 10.3. The minimum absolute atomic E-state index is 0.436. The molecular weight excluding hydrogens is 342 g/mol. The van der Waals surface area contributed by atoms with Crippen molar-refractivity contribution in [3.05, 3.63) is 11.6 Å². The van der Waals surface area contributed by atoms with E-state index < -0.39 is 0 Å². The molecule has 5 aliphatic rings. The maximum atomic E-state index is 12.1. The number of ketones is 1. The number of likely N-dealkylation sites (tertiary alicyclic amines) is 1. The van der Waals surface area contributed by atoms with E-state index in [1.165, 1.54) is 70.9 Å². The van der Waals surface area contributed by atoms with Gasteiger partial charge in [0, 0.05) is 18.9 Å². The molecule has 2 nitrogen and oxygen atoms in total. The van der Waals surface area contributed by atoms with E-state index >= 15 is 0 Å². The second-order valence-corrected chi connectivity index (χ2v) is 11.5. The Morgan fingerprint density at radius 1 is 1.04 bits per heavy atom. The molecule has 5 rings (SSSR count). The Morgan fingerprint density at radius 3 is 2.61 bits per heavy atom. The van der Waals surface area contributed by atoms with E-state index in [1.807, 2.05) is 0 Å². The van der Waals surface area contributed by atoms with Gasteiger partial charge >= 0.3 is 0 Å². The number of piperidine rings is 1. The molecule has 0 radical (unpaired) electrons. The van der Waals surface area contributed by atoms with Crippen LogP contribution in [0.1, 0.15) is 91.4 Å². The number of carbonyl (C=O) groups is 1. The monoisotopic (exact) mass is 383 g/mol. The molecule has 7 atom stereocenters. The largest absolute Gasteiger partial charge is 0.300 e. The molecule has 1 aliphatic heterocycles. The second-order valence-electron chi connectivity index (χ2n) is 11.5. The van der Waals surface area contributed by atoms with Gasteiger partial charge in [-0.2, -0.15) is 0 Å². The van der Waals surface area contributed by atoms with E-state index in [0.717, 1.165) is 30.6 Å². The normalized spacial score (nSPS) is 47.7. The molecule has 1 saturated heterocycles. The topological polar surface area (TPSA) is 20.3 Å². The summed E-state index contributed by atoms with van der Waals surface area (Å²) >= 11 is 0. The Kier molecular flexibility index (Phi) is 4.81. The Hall–Kier alpha value is -0.630. The van der Waals surface area contributed by atoms with Crippen LogP contribution in [0.2, 0.25) is 0 Å². The molecule has 0 aromatic heterocycles. The van der Waals surface area contributed by atoms with Crippen molar-refractivity contribution in [3.8, 4) is 0 Å². The van der Waals surface area contributed by atoms with Gasteiger partial charge in [-0.15, -0.1) is 0 Å². The van der Waals surface area contributed by atoms with Crippen LogP contribution in [0.15, 0.2) is 11.6 Å². The van der Waals surface area contributed by atoms with Crippen LogP contribution in [0.3, 0.4) is 0 Å². The van der Waals surface area contributed by atoms with Gasteiger partial charge in [0.2, 0.25) is 0 Å². The number of fused-ring (bicyclic) bond motifs is 5. The van der Waals surface area contributed by atoms with E-state index in [1.54, 1.807) is 5.57 Å². The first-order valence-corrected chi connectivity index (χ1v) is 12.4. The Bertz CT molecular complexity index is 661. The van der Waals surface area contributed by atoms with Gasteiger partial charge in [0.15, 0.2) is 0 Å². The molecule has 0 amide bonds. The molecule has 156 valence electrons. The molecule has 0 spiro atoms. The summed E-state index contributed by atoms with van der Waals surface area (Å²) in [5.41, 5.74) is 2.68. The lowest BCUT2D eigenvalue weighted by Crippen LogP contribution is -2.54. The molecule has 0 bridgehead atoms. The van der Waals surface area contributed by atoms with Crippen molar-refractivity contribution < 1.29 is 4.79 Å². The van der Waals surface area contributed by atoms with Crippen molar-refractivity contribution in [1.29, 1.82) is 0 Å². The first-order valence-electron chi connectivity index (χ1n) is 12.4. The smallest absolute Gasteiger partial charge is 0.133 e. The fourth-order valence-corrected chi connectivity index (χ4v) is 8.80. The maximum Gasteiger partial charge on any atom is 0.133 e. The summed E-state index contributed by atoms with van der Waals surface area (Å²) < 4.78 is 0. The van der Waals surface area contributed by atoms with Crippen LogP contribution in [0, 0.1) is 34.5 Å². The van der Waals surface area contributed by atoms with Gasteiger partial charge in [-0.1, -0.05) is 31.9 Å². The van der Waals surface area contributed by atoms with E-state index in [4.69, 9.17) is 0 Å². The highest BCUT2D eigenvalue weighted by molar-refractivity contribution is 5.79. The van der Waals surface area contributed by atoms with Crippen LogP contribution in [0.5, 0.6) is 0 Å². The molecule has 2 heteroatoms. The molecule has 28 heavy (non-hydrogen) atoms. The minimum atomic E-state index is 0.436. The van der Waals surface area contributed by atoms with Crippen molar-refractivity contribution in [3.63, 3.8) is 0 Å². The summed E-state index contributed by atoms with van der Waals surface area (Å²) in [5, 5.41) is 0. The van der Waals surface area contributed by atoms with Crippen molar-refractivity contribution in [2.45, 2.75) is 97.4 Å². The zero-order valence-electron chi connectivity index (χ0n) is 18.5. The molecule has 2 unspecified atom stereocenters. The summed E-state index contributed by atoms with van der Waals surface area (Å²) in [4.78, 5) is 14.9. The highest BCUT2D eigenvalue weighted by atomic mass is 16.1. The van der Waals surface area contributed by atoms with Gasteiger partial charge in [-0.3, -0.25) is 9.69 Å². The summed E-state index contributed by atoms with van der Waals surface area (Å²) in [5.74, 6) is 3.86. The third kappa shape index (κ3) is 2.80. The number of rotatable bonds is 2. The van der Waals surface area contributed by atoms with Crippen LogP contribution in [-0.4, -0.2) is 29.8 Å². The van der Waals surface area contributed by atoms with E-state index in [0.29, 0.717) is 28.6 Å². The van der Waals surface area contributed by atoms with Gasteiger partial charge < -0.3 is 0 Å². The van der Waals surface area contributed by atoms with Gasteiger partial charge in [0.25, 0.3) is 0 Å². The summed E-state index contributed by atoms with van der Waals surface area (Å²) in [6.07, 6.45) is 16.6. The fourth-order valence-electron chi connectivity index (χ4n) is 8.80. The number of hydrogen-bond donors (Lipinski definition) is 0. The van der Waals surface area contributed by atoms with Crippen LogP contribution in [0.25, 0.3) is 0 Å². The number of hydrogen-bond acceptors (Lipinski definition) is 2. The second kappa shape index (κ2) is 6.96. The van der Waals surface area contributed by atoms with Crippen LogP contribution in [0.4, 0.5) is 0 Å². The van der Waals surface area contributed by atoms with E-state index in [2.05, 4.69) is 31.7 Å². The zero-order valence-corrected chi connectivity index (χ0v) is 18.5. The van der Waals surface area contributed by atoms with Crippen molar-refractivity contribution in [1.82, 2.24) is 4.90 Å². The maximum absolute atomic E-state index is 12.1. The SMILES string of the molecule is CC(C1=CC[C@H]2[C@@H]3CCC4CC(=O)CC[C@]4(C)[C@H]3CC[C@]12C)N1CCCCC1. The quantitative estimate of drug-likeness (QED) is 0.544. The lowest BCUT2D eigenvalue weighted by Gasteiger charge is -2.60. The number of Topliss-reactive ketones (excluding diaryl/α,β-unsaturated/α-hetero) is 1. The average molecular weight is 384 g/mol. The van der Waals surface area contributed by atoms with Crippen molar-refractivity contribution in [2.24, 2.45) is 34.5 Å². The Morgan fingerprint density at radius 2 is 1.82 bits per heavy atom. The van der Waals surface area contributed by atoms with Crippen molar-refractivity contribution >= 4 is 5.78 Å². The first-order chi connectivity index (χ1) is 13.4. The third-order valence-electron chi connectivity index (χ3n) is 10.5. The average Bonchev–Trinajstić information content (AvgIpc) is 3.06. The van der Waals surface area contributed by atoms with Crippen LogP contribution >= 0.6 is 0 Å². The Labute approximate surface area is 172 Å². The minimum Gasteiger partial charge on any atom is -0.300 e. The summed E-state index contributed by atoms with van der Waals surface area (Å²) in [6, 6.07) is 0.645. The summed E-state index contributed by atoms with van der Waals surface area (Å²) in [7, 11) is 0. The predicted molar refractivity (Wildman–Crippen MR) is 115 cm³/mol. The zero-order chi connectivity index (χ0) is 19.5. The van der Waals surface area contributed by atoms with Crippen LogP contribution < -0.4 is 0 Å². The lowest BCUT2D eigenvalue weighted by atomic mass is 9.44. The molecule has 4 fully saturated rings. The molecule has 1 heterocycles. The van der Waals surface area contributed by atoms with E-state index in [-0.39, 0.29) is 0 Å². The number of nitrogens with zero attached hydrogens (tertiary/aromatic N) is 1. The molecule has 3 saturated carbocycles. The highest BCUT2D eigenvalue weighted by Gasteiger charge is 2.59. The molecule has 0 aromatic rings. The van der Waals surface area contributed by atoms with E-state index in [9.17, 15) is 4.79 Å². The predicted octanol–water partition coefficient (Wildman–Crippen LogP) is 6.01. The molecular formula is C26H41NO.